The molecule has 2 atom stereocenters. The van der Waals surface area contributed by atoms with Gasteiger partial charge in [0.05, 0.1) is 0 Å². The first-order valence-electron chi connectivity index (χ1n) is 8.39. The maximum Gasteiger partial charge on any atom is 0.127 e. The summed E-state index contributed by atoms with van der Waals surface area (Å²) in [4.78, 5) is 2.34. The smallest absolute Gasteiger partial charge is 0.127 e. The molecule has 0 amide bonds. The molecule has 1 fully saturated rings. The molecule has 1 aromatic rings. The molecule has 1 aliphatic rings. The highest BCUT2D eigenvalue weighted by molar-refractivity contribution is 5.17. The zero-order valence-electron chi connectivity index (χ0n) is 13.4. The third kappa shape index (κ3) is 4.79. The van der Waals surface area contributed by atoms with Crippen molar-refractivity contribution >= 4 is 0 Å². The second kappa shape index (κ2) is 8.50. The fraction of sp³-hybridized carbons (Fsp3) is 0.667. The molecule has 2 nitrogen and oxygen atoms in total. The van der Waals surface area contributed by atoms with Crippen molar-refractivity contribution in [2.45, 2.75) is 64.1 Å². The first kappa shape index (κ1) is 16.4. The number of nitrogens with zero attached hydrogens (tertiary/aromatic N) is 1. The summed E-state index contributed by atoms with van der Waals surface area (Å²) < 4.78 is 13.9. The molecule has 0 radical (unpaired) electrons. The second-order valence-electron chi connectivity index (χ2n) is 6.23. The molecule has 1 N–H and O–H groups in total. The van der Waals surface area contributed by atoms with Gasteiger partial charge in [0.1, 0.15) is 5.82 Å². The molecule has 0 heterocycles. The fourth-order valence-corrected chi connectivity index (χ4v) is 3.51. The van der Waals surface area contributed by atoms with E-state index in [1.807, 2.05) is 12.1 Å². The monoisotopic (exact) mass is 292 g/mol. The molecule has 0 bridgehead atoms. The van der Waals surface area contributed by atoms with Gasteiger partial charge in [-0.25, -0.2) is 4.39 Å². The first-order chi connectivity index (χ1) is 10.2. The Morgan fingerprint density at radius 1 is 1.14 bits per heavy atom. The quantitative estimate of drug-likeness (QED) is 0.883. The van der Waals surface area contributed by atoms with Crippen LogP contribution in [0.1, 0.15) is 51.0 Å². The SMILES string of the molecule is CCNC1CCCCCCC1N(C)Cc1ccccc1F. The van der Waals surface area contributed by atoms with Crippen LogP contribution in [-0.4, -0.2) is 30.6 Å². The minimum absolute atomic E-state index is 0.0878. The lowest BCUT2D eigenvalue weighted by atomic mass is 9.91. The normalized spacial score (nSPS) is 23.8. The van der Waals surface area contributed by atoms with Gasteiger partial charge < -0.3 is 5.32 Å². The maximum atomic E-state index is 13.9. The van der Waals surface area contributed by atoms with E-state index in [0.717, 1.165) is 12.1 Å². The average Bonchev–Trinajstić information content (AvgIpc) is 2.44. The predicted octanol–water partition coefficient (Wildman–Crippen LogP) is 3.96. The Labute approximate surface area is 128 Å². The van der Waals surface area contributed by atoms with Gasteiger partial charge in [0.25, 0.3) is 0 Å². The highest BCUT2D eigenvalue weighted by Gasteiger charge is 2.25. The Balaban J connectivity index is 2.05. The fourth-order valence-electron chi connectivity index (χ4n) is 3.51. The van der Waals surface area contributed by atoms with Crippen LogP contribution in [0.15, 0.2) is 24.3 Å². The summed E-state index contributed by atoms with van der Waals surface area (Å²) in [6, 6.07) is 8.18. The van der Waals surface area contributed by atoms with Gasteiger partial charge in [-0.05, 0) is 32.5 Å². The van der Waals surface area contributed by atoms with Crippen molar-refractivity contribution in [3.8, 4) is 0 Å². The molecular formula is C18H29FN2. The molecule has 0 aliphatic heterocycles. The summed E-state index contributed by atoms with van der Waals surface area (Å²) in [6.45, 7) is 3.88. The van der Waals surface area contributed by atoms with Crippen LogP contribution in [0.2, 0.25) is 0 Å². The molecule has 1 aromatic carbocycles. The zero-order valence-corrected chi connectivity index (χ0v) is 13.4. The van der Waals surface area contributed by atoms with Crippen LogP contribution in [0, 0.1) is 5.82 Å². The molecular weight excluding hydrogens is 263 g/mol. The van der Waals surface area contributed by atoms with E-state index < -0.39 is 0 Å². The Morgan fingerprint density at radius 3 is 2.57 bits per heavy atom. The third-order valence-corrected chi connectivity index (χ3v) is 4.64. The molecule has 1 aliphatic carbocycles. The van der Waals surface area contributed by atoms with Crippen molar-refractivity contribution in [3.63, 3.8) is 0 Å². The topological polar surface area (TPSA) is 15.3 Å². The number of nitrogens with one attached hydrogen (secondary N) is 1. The third-order valence-electron chi connectivity index (χ3n) is 4.64. The molecule has 3 heteroatoms. The number of benzene rings is 1. The lowest BCUT2D eigenvalue weighted by molar-refractivity contribution is 0.155. The van der Waals surface area contributed by atoms with Gasteiger partial charge in [-0.3, -0.25) is 4.90 Å². The minimum Gasteiger partial charge on any atom is -0.313 e. The minimum atomic E-state index is -0.0878. The summed E-state index contributed by atoms with van der Waals surface area (Å²) in [5.74, 6) is -0.0878. The Hall–Kier alpha value is -0.930. The summed E-state index contributed by atoms with van der Waals surface area (Å²) in [6.07, 6.45) is 7.73. The maximum absolute atomic E-state index is 13.9. The van der Waals surface area contributed by atoms with Crippen molar-refractivity contribution in [2.24, 2.45) is 0 Å². The van der Waals surface area contributed by atoms with Crippen LogP contribution in [0.4, 0.5) is 4.39 Å². The average molecular weight is 292 g/mol. The molecule has 0 saturated heterocycles. The highest BCUT2D eigenvalue weighted by Crippen LogP contribution is 2.23. The molecule has 118 valence electrons. The van der Waals surface area contributed by atoms with Crippen molar-refractivity contribution in [2.75, 3.05) is 13.6 Å². The number of likely N-dealkylation sites (N-methyl/N-ethyl adjacent to an activating group) is 2. The van der Waals surface area contributed by atoms with Crippen LogP contribution in [0.3, 0.4) is 0 Å². The van der Waals surface area contributed by atoms with E-state index >= 15 is 0 Å². The molecule has 2 unspecified atom stereocenters. The number of hydrogen-bond donors (Lipinski definition) is 1. The standard InChI is InChI=1S/C18H29FN2/c1-3-20-17-12-6-4-5-7-13-18(17)21(2)14-15-10-8-9-11-16(15)19/h8-11,17-18,20H,3-7,12-14H2,1-2H3. The summed E-state index contributed by atoms with van der Waals surface area (Å²) in [5, 5.41) is 3.65. The van der Waals surface area contributed by atoms with Gasteiger partial charge in [-0.2, -0.15) is 0 Å². The predicted molar refractivity (Wildman–Crippen MR) is 86.8 cm³/mol. The molecule has 0 spiro atoms. The van der Waals surface area contributed by atoms with Crippen LogP contribution in [0.5, 0.6) is 0 Å². The Morgan fingerprint density at radius 2 is 1.86 bits per heavy atom. The number of rotatable bonds is 5. The van der Waals surface area contributed by atoms with E-state index in [9.17, 15) is 4.39 Å². The van der Waals surface area contributed by atoms with Gasteiger partial charge in [-0.15, -0.1) is 0 Å². The number of halogens is 1. The van der Waals surface area contributed by atoms with Gasteiger partial charge in [0, 0.05) is 24.2 Å². The van der Waals surface area contributed by atoms with Crippen molar-refractivity contribution in [3.05, 3.63) is 35.6 Å². The van der Waals surface area contributed by atoms with Crippen molar-refractivity contribution in [1.29, 1.82) is 0 Å². The lowest BCUT2D eigenvalue weighted by Crippen LogP contribution is -2.48. The van der Waals surface area contributed by atoms with Crippen molar-refractivity contribution < 1.29 is 4.39 Å². The molecule has 0 aromatic heterocycles. The molecule has 1 saturated carbocycles. The van der Waals surface area contributed by atoms with Crippen molar-refractivity contribution in [1.82, 2.24) is 10.2 Å². The van der Waals surface area contributed by atoms with Crippen LogP contribution >= 0.6 is 0 Å². The summed E-state index contributed by atoms with van der Waals surface area (Å²) in [5.41, 5.74) is 0.803. The molecule has 2 rings (SSSR count). The van der Waals surface area contributed by atoms with E-state index in [1.165, 1.54) is 38.5 Å². The summed E-state index contributed by atoms with van der Waals surface area (Å²) >= 11 is 0. The number of hydrogen-bond acceptors (Lipinski definition) is 2. The van der Waals surface area contributed by atoms with E-state index in [4.69, 9.17) is 0 Å². The van der Waals surface area contributed by atoms with Gasteiger partial charge >= 0.3 is 0 Å². The molecule has 21 heavy (non-hydrogen) atoms. The van der Waals surface area contributed by atoms with Gasteiger partial charge in [0.2, 0.25) is 0 Å². The van der Waals surface area contributed by atoms with Crippen LogP contribution in [0.25, 0.3) is 0 Å². The van der Waals surface area contributed by atoms with Gasteiger partial charge in [0.15, 0.2) is 0 Å². The first-order valence-corrected chi connectivity index (χ1v) is 8.39. The van der Waals surface area contributed by atoms with E-state index in [2.05, 4.69) is 24.2 Å². The van der Waals surface area contributed by atoms with E-state index in [-0.39, 0.29) is 5.82 Å². The van der Waals surface area contributed by atoms with E-state index in [0.29, 0.717) is 18.6 Å². The largest absolute Gasteiger partial charge is 0.313 e. The summed E-state index contributed by atoms with van der Waals surface area (Å²) in [7, 11) is 2.14. The van der Waals surface area contributed by atoms with E-state index in [1.54, 1.807) is 12.1 Å². The second-order valence-corrected chi connectivity index (χ2v) is 6.23. The van der Waals surface area contributed by atoms with Crippen LogP contribution < -0.4 is 5.32 Å². The zero-order chi connectivity index (χ0) is 15.1. The Kier molecular flexibility index (Phi) is 6.65. The Bertz CT molecular complexity index is 421. The van der Waals surface area contributed by atoms with Crippen LogP contribution in [-0.2, 0) is 6.54 Å². The highest BCUT2D eigenvalue weighted by atomic mass is 19.1. The lowest BCUT2D eigenvalue weighted by Gasteiger charge is -2.37. The van der Waals surface area contributed by atoms with Gasteiger partial charge in [-0.1, -0.05) is 50.8 Å².